The number of unbranched alkanes of at least 4 members (excludes halogenated alkanes) is 1. The zero-order valence-electron chi connectivity index (χ0n) is 15.6. The van der Waals surface area contributed by atoms with Crippen LogP contribution >= 0.6 is 0 Å². The summed E-state index contributed by atoms with van der Waals surface area (Å²) >= 11 is 0. The number of rotatable bonds is 7. The van der Waals surface area contributed by atoms with E-state index in [1.54, 1.807) is 11.0 Å². The Morgan fingerprint density at radius 2 is 1.86 bits per heavy atom. The number of carbonyl (C=O) groups excluding carboxylic acids is 1. The van der Waals surface area contributed by atoms with E-state index in [4.69, 9.17) is 0 Å². The van der Waals surface area contributed by atoms with Gasteiger partial charge in [-0.1, -0.05) is 31.5 Å². The Morgan fingerprint density at radius 3 is 2.54 bits per heavy atom. The molecule has 0 spiro atoms. The number of nitro groups is 1. The molecular formula is C21H21N3O4. The molecule has 7 nitrogen and oxygen atoms in total. The first-order valence-electron chi connectivity index (χ1n) is 9.14. The molecular weight excluding hydrogens is 358 g/mol. The van der Waals surface area contributed by atoms with Crippen LogP contribution in [0.3, 0.4) is 0 Å². The van der Waals surface area contributed by atoms with Crippen LogP contribution in [0.1, 0.15) is 35.7 Å². The van der Waals surface area contributed by atoms with E-state index in [9.17, 15) is 19.7 Å². The number of H-pyrrole nitrogens is 1. The van der Waals surface area contributed by atoms with Crippen molar-refractivity contribution in [3.05, 3.63) is 86.2 Å². The van der Waals surface area contributed by atoms with Gasteiger partial charge in [0.15, 0.2) is 0 Å². The largest absolute Gasteiger partial charge is 0.334 e. The molecule has 0 radical (unpaired) electrons. The second kappa shape index (κ2) is 8.47. The molecule has 3 rings (SSSR count). The molecule has 7 heteroatoms. The Kier molecular flexibility index (Phi) is 5.84. The number of benzene rings is 2. The number of amides is 1. The smallest absolute Gasteiger partial charge is 0.269 e. The van der Waals surface area contributed by atoms with Crippen LogP contribution in [0.2, 0.25) is 0 Å². The van der Waals surface area contributed by atoms with Crippen molar-refractivity contribution >= 4 is 22.5 Å². The van der Waals surface area contributed by atoms with Gasteiger partial charge >= 0.3 is 0 Å². The lowest BCUT2D eigenvalue weighted by Crippen LogP contribution is -2.33. The highest BCUT2D eigenvalue weighted by Crippen LogP contribution is 2.16. The van der Waals surface area contributed by atoms with E-state index in [0.717, 1.165) is 23.7 Å². The van der Waals surface area contributed by atoms with Crippen molar-refractivity contribution in [2.75, 3.05) is 6.54 Å². The predicted molar refractivity (Wildman–Crippen MR) is 107 cm³/mol. The average Bonchev–Trinajstić information content (AvgIpc) is 2.71. The third-order valence-corrected chi connectivity index (χ3v) is 4.59. The maximum Gasteiger partial charge on any atom is 0.269 e. The molecule has 1 aromatic heterocycles. The lowest BCUT2D eigenvalue weighted by molar-refractivity contribution is -0.384. The molecule has 1 amide bonds. The third kappa shape index (κ3) is 4.25. The number of para-hydroxylation sites is 1. The Labute approximate surface area is 161 Å². The van der Waals surface area contributed by atoms with Crippen LogP contribution in [0.25, 0.3) is 10.9 Å². The number of nitro benzene ring substituents is 1. The second-order valence-corrected chi connectivity index (χ2v) is 6.60. The van der Waals surface area contributed by atoms with Gasteiger partial charge in [0.25, 0.3) is 17.2 Å². The molecule has 0 saturated carbocycles. The molecule has 0 aliphatic heterocycles. The molecule has 3 aromatic rings. The Morgan fingerprint density at radius 1 is 1.14 bits per heavy atom. The van der Waals surface area contributed by atoms with Gasteiger partial charge in [-0.15, -0.1) is 0 Å². The van der Waals surface area contributed by atoms with E-state index >= 15 is 0 Å². The van der Waals surface area contributed by atoms with Gasteiger partial charge in [0.2, 0.25) is 0 Å². The summed E-state index contributed by atoms with van der Waals surface area (Å²) in [5.74, 6) is -0.254. The fourth-order valence-corrected chi connectivity index (χ4v) is 3.03. The fourth-order valence-electron chi connectivity index (χ4n) is 3.03. The summed E-state index contributed by atoms with van der Waals surface area (Å²) in [7, 11) is 0. The zero-order chi connectivity index (χ0) is 20.1. The molecule has 0 aliphatic rings. The highest BCUT2D eigenvalue weighted by molar-refractivity contribution is 5.94. The molecule has 0 aliphatic carbocycles. The topological polar surface area (TPSA) is 96.3 Å². The summed E-state index contributed by atoms with van der Waals surface area (Å²) in [4.78, 5) is 40.2. The maximum absolute atomic E-state index is 13.0. The van der Waals surface area contributed by atoms with Crippen molar-refractivity contribution in [2.24, 2.45) is 0 Å². The monoisotopic (exact) mass is 379 g/mol. The molecule has 28 heavy (non-hydrogen) atoms. The first-order chi connectivity index (χ1) is 13.5. The van der Waals surface area contributed by atoms with Gasteiger partial charge in [-0.2, -0.15) is 0 Å². The number of aromatic nitrogens is 1. The molecule has 144 valence electrons. The minimum Gasteiger partial charge on any atom is -0.334 e. The van der Waals surface area contributed by atoms with Gasteiger partial charge < -0.3 is 9.88 Å². The van der Waals surface area contributed by atoms with E-state index in [0.29, 0.717) is 17.7 Å². The predicted octanol–water partition coefficient (Wildman–Crippen LogP) is 3.88. The van der Waals surface area contributed by atoms with Gasteiger partial charge in [0, 0.05) is 35.3 Å². The summed E-state index contributed by atoms with van der Waals surface area (Å²) in [6.45, 7) is 2.70. The quantitative estimate of drug-likeness (QED) is 0.498. The van der Waals surface area contributed by atoms with Crippen molar-refractivity contribution in [2.45, 2.75) is 26.3 Å². The Hall–Kier alpha value is -3.48. The normalized spacial score (nSPS) is 10.8. The molecule has 2 aromatic carbocycles. The van der Waals surface area contributed by atoms with Crippen LogP contribution < -0.4 is 5.56 Å². The number of pyridine rings is 1. The number of nitrogens with one attached hydrogen (secondary N) is 1. The molecule has 0 atom stereocenters. The van der Waals surface area contributed by atoms with Crippen LogP contribution in [0.15, 0.2) is 59.4 Å². The number of carbonyl (C=O) groups is 1. The van der Waals surface area contributed by atoms with Gasteiger partial charge in [-0.25, -0.2) is 0 Å². The average molecular weight is 379 g/mol. The van der Waals surface area contributed by atoms with E-state index in [1.165, 1.54) is 24.3 Å². The molecule has 0 saturated heterocycles. The number of non-ortho nitro benzene ring substituents is 1. The Bertz CT molecular complexity index is 1060. The minimum absolute atomic E-state index is 0.0670. The lowest BCUT2D eigenvalue weighted by Gasteiger charge is -2.22. The first-order valence-corrected chi connectivity index (χ1v) is 9.14. The van der Waals surface area contributed by atoms with Crippen LogP contribution in [-0.2, 0) is 6.54 Å². The summed E-state index contributed by atoms with van der Waals surface area (Å²) in [5, 5.41) is 11.7. The Balaban J connectivity index is 1.89. The van der Waals surface area contributed by atoms with Crippen molar-refractivity contribution in [1.29, 1.82) is 0 Å². The number of hydrogen-bond donors (Lipinski definition) is 1. The minimum atomic E-state index is -0.502. The summed E-state index contributed by atoms with van der Waals surface area (Å²) in [6.07, 6.45) is 1.70. The fraction of sp³-hybridized carbons (Fsp3) is 0.238. The van der Waals surface area contributed by atoms with Crippen molar-refractivity contribution in [1.82, 2.24) is 9.88 Å². The molecule has 0 unspecified atom stereocenters. The van der Waals surface area contributed by atoms with Gasteiger partial charge in [0.05, 0.1) is 11.5 Å². The summed E-state index contributed by atoms with van der Waals surface area (Å²) < 4.78 is 0. The van der Waals surface area contributed by atoms with Crippen LogP contribution in [0.4, 0.5) is 5.69 Å². The van der Waals surface area contributed by atoms with E-state index in [2.05, 4.69) is 4.98 Å². The van der Waals surface area contributed by atoms with Crippen molar-refractivity contribution in [3.8, 4) is 0 Å². The number of aromatic amines is 1. The van der Waals surface area contributed by atoms with Crippen molar-refractivity contribution in [3.63, 3.8) is 0 Å². The lowest BCUT2D eigenvalue weighted by atomic mass is 10.1. The number of hydrogen-bond acceptors (Lipinski definition) is 4. The maximum atomic E-state index is 13.0. The summed E-state index contributed by atoms with van der Waals surface area (Å²) in [6, 6.07) is 14.8. The van der Waals surface area contributed by atoms with Crippen LogP contribution in [0.5, 0.6) is 0 Å². The number of nitrogens with zero attached hydrogens (tertiary/aromatic N) is 2. The van der Waals surface area contributed by atoms with Gasteiger partial charge in [0.1, 0.15) is 0 Å². The van der Waals surface area contributed by atoms with Crippen molar-refractivity contribution < 1.29 is 9.72 Å². The molecule has 1 N–H and O–H groups in total. The van der Waals surface area contributed by atoms with E-state index in [-0.39, 0.29) is 23.7 Å². The van der Waals surface area contributed by atoms with Crippen LogP contribution in [-0.4, -0.2) is 27.3 Å². The second-order valence-electron chi connectivity index (χ2n) is 6.60. The molecule has 0 bridgehead atoms. The van der Waals surface area contributed by atoms with E-state index < -0.39 is 4.92 Å². The van der Waals surface area contributed by atoms with Crippen LogP contribution in [0, 0.1) is 10.1 Å². The highest BCUT2D eigenvalue weighted by Gasteiger charge is 2.18. The van der Waals surface area contributed by atoms with Gasteiger partial charge in [-0.05, 0) is 36.1 Å². The van der Waals surface area contributed by atoms with Gasteiger partial charge in [-0.3, -0.25) is 19.7 Å². The van der Waals surface area contributed by atoms with E-state index in [1.807, 2.05) is 31.2 Å². The summed E-state index contributed by atoms with van der Waals surface area (Å²) in [5.41, 5.74) is 1.32. The first kappa shape index (κ1) is 19.3. The molecule has 0 fully saturated rings. The zero-order valence-corrected chi connectivity index (χ0v) is 15.6. The molecule has 1 heterocycles. The highest BCUT2D eigenvalue weighted by atomic mass is 16.6. The SMILES string of the molecule is CCCCN(Cc1cc2ccccc2[nH]c1=O)C(=O)c1ccc([N+](=O)[O-])cc1. The third-order valence-electron chi connectivity index (χ3n) is 4.59. The number of fused-ring (bicyclic) bond motifs is 1. The standard InChI is InChI=1S/C21H21N3O4/c1-2-3-12-23(21(26)15-8-10-18(11-9-15)24(27)28)14-17-13-16-6-4-5-7-19(16)22-20(17)25/h4-11,13H,2-3,12,14H2,1H3,(H,22,25).